The van der Waals surface area contributed by atoms with Gasteiger partial charge in [0, 0.05) is 10.8 Å². The van der Waals surface area contributed by atoms with E-state index in [1.807, 2.05) is 6.92 Å². The molecule has 2 rings (SSSR count). The van der Waals surface area contributed by atoms with Gasteiger partial charge in [0.15, 0.2) is 0 Å². The Morgan fingerprint density at radius 3 is 2.71 bits per heavy atom. The normalized spacial score (nSPS) is 14.8. The maximum Gasteiger partial charge on any atom is 0.339 e. The number of aryl methyl sites for hydroxylation is 1. The van der Waals surface area contributed by atoms with Gasteiger partial charge in [-0.3, -0.25) is 4.79 Å². The lowest BCUT2D eigenvalue weighted by Gasteiger charge is -2.14. The largest absolute Gasteiger partial charge is 0.478 e. The van der Waals surface area contributed by atoms with Crippen LogP contribution in [-0.4, -0.2) is 17.0 Å². The van der Waals surface area contributed by atoms with E-state index in [4.69, 9.17) is 0 Å². The Labute approximate surface area is 129 Å². The smallest absolute Gasteiger partial charge is 0.339 e. The van der Waals surface area contributed by atoms with Crippen LogP contribution in [0.1, 0.15) is 66.8 Å². The van der Waals surface area contributed by atoms with Crippen LogP contribution in [0.3, 0.4) is 0 Å². The molecule has 0 saturated carbocycles. The molecular formula is C16H23NO3S. The van der Waals surface area contributed by atoms with Crippen LogP contribution in [0.2, 0.25) is 0 Å². The monoisotopic (exact) mass is 309 g/mol. The van der Waals surface area contributed by atoms with E-state index in [2.05, 4.69) is 12.2 Å². The Bertz CT molecular complexity index is 536. The summed E-state index contributed by atoms with van der Waals surface area (Å²) < 4.78 is 0. The summed E-state index contributed by atoms with van der Waals surface area (Å²) in [6, 6.07) is 0. The summed E-state index contributed by atoms with van der Waals surface area (Å²) in [7, 11) is 0. The van der Waals surface area contributed by atoms with E-state index in [-0.39, 0.29) is 11.8 Å². The summed E-state index contributed by atoms with van der Waals surface area (Å²) in [5.41, 5.74) is 1.26. The van der Waals surface area contributed by atoms with E-state index in [0.29, 0.717) is 10.6 Å². The van der Waals surface area contributed by atoms with Crippen molar-refractivity contribution in [3.8, 4) is 0 Å². The van der Waals surface area contributed by atoms with Gasteiger partial charge in [-0.25, -0.2) is 4.79 Å². The number of carbonyl (C=O) groups excluding carboxylic acids is 1. The molecule has 0 bridgehead atoms. The average Bonchev–Trinajstić information content (AvgIpc) is 2.99. The summed E-state index contributed by atoms with van der Waals surface area (Å²) in [5.74, 6) is -0.983. The highest BCUT2D eigenvalue weighted by molar-refractivity contribution is 7.17. The number of rotatable bonds is 7. The van der Waals surface area contributed by atoms with Gasteiger partial charge in [-0.15, -0.1) is 11.3 Å². The Morgan fingerprint density at radius 1 is 1.33 bits per heavy atom. The molecule has 1 aliphatic rings. The first-order chi connectivity index (χ1) is 10.1. The molecule has 0 radical (unpaired) electrons. The summed E-state index contributed by atoms with van der Waals surface area (Å²) in [6.07, 6.45) is 6.52. The zero-order valence-corrected chi connectivity index (χ0v) is 13.5. The minimum Gasteiger partial charge on any atom is -0.478 e. The fourth-order valence-corrected chi connectivity index (χ4v) is 4.19. The Kier molecular flexibility index (Phi) is 5.39. The third kappa shape index (κ3) is 3.46. The molecular weight excluding hydrogens is 286 g/mol. The van der Waals surface area contributed by atoms with Gasteiger partial charge < -0.3 is 10.4 Å². The number of unbranched alkanes of at least 4 members (excludes halogenated alkanes) is 1. The van der Waals surface area contributed by atoms with Gasteiger partial charge in [0.25, 0.3) is 0 Å². The van der Waals surface area contributed by atoms with E-state index < -0.39 is 5.97 Å². The number of amides is 1. The highest BCUT2D eigenvalue weighted by atomic mass is 32.1. The maximum atomic E-state index is 12.4. The fraction of sp³-hybridized carbons (Fsp3) is 0.625. The molecule has 0 fully saturated rings. The highest BCUT2D eigenvalue weighted by Gasteiger charge is 2.28. The molecule has 1 aromatic rings. The lowest BCUT2D eigenvalue weighted by Crippen LogP contribution is -2.23. The van der Waals surface area contributed by atoms with Crippen molar-refractivity contribution in [2.24, 2.45) is 5.92 Å². The van der Waals surface area contributed by atoms with E-state index in [0.717, 1.165) is 55.4 Å². The molecule has 1 aliphatic carbocycles. The second kappa shape index (κ2) is 7.07. The van der Waals surface area contributed by atoms with Crippen LogP contribution in [0.5, 0.6) is 0 Å². The number of anilines is 1. The predicted molar refractivity (Wildman–Crippen MR) is 85.2 cm³/mol. The number of nitrogens with one attached hydrogen (secondary N) is 1. The highest BCUT2D eigenvalue weighted by Crippen LogP contribution is 2.39. The summed E-state index contributed by atoms with van der Waals surface area (Å²) in [6.45, 7) is 4.11. The Balaban J connectivity index is 2.15. The Morgan fingerprint density at radius 2 is 2.10 bits per heavy atom. The molecule has 1 amide bonds. The van der Waals surface area contributed by atoms with E-state index >= 15 is 0 Å². The number of carboxylic acid groups (broad SMARTS) is 1. The number of fused-ring (bicyclic) bond motifs is 1. The molecule has 1 heterocycles. The average molecular weight is 309 g/mol. The summed E-state index contributed by atoms with van der Waals surface area (Å²) in [5, 5.41) is 12.8. The quantitative estimate of drug-likeness (QED) is 0.797. The van der Waals surface area contributed by atoms with Gasteiger partial charge in [-0.05, 0) is 37.7 Å². The molecule has 2 N–H and O–H groups in total. The molecule has 4 nitrogen and oxygen atoms in total. The number of aromatic carboxylic acids is 1. The van der Waals surface area contributed by atoms with E-state index in [1.54, 1.807) is 0 Å². The SMILES string of the molecule is CCCCC(CC)C(=O)Nc1sc2c(c1C(=O)O)CCC2. The van der Waals surface area contributed by atoms with Crippen molar-refractivity contribution in [2.75, 3.05) is 5.32 Å². The maximum absolute atomic E-state index is 12.4. The van der Waals surface area contributed by atoms with Gasteiger partial charge in [-0.2, -0.15) is 0 Å². The topological polar surface area (TPSA) is 66.4 Å². The fourth-order valence-electron chi connectivity index (χ4n) is 2.90. The van der Waals surface area contributed by atoms with Crippen LogP contribution >= 0.6 is 11.3 Å². The number of carboxylic acids is 1. The van der Waals surface area contributed by atoms with Crippen molar-refractivity contribution in [3.63, 3.8) is 0 Å². The predicted octanol–water partition coefficient (Wildman–Crippen LogP) is 4.09. The molecule has 5 heteroatoms. The molecule has 0 saturated heterocycles. The number of hydrogen-bond acceptors (Lipinski definition) is 3. The van der Waals surface area contributed by atoms with Crippen LogP contribution in [0, 0.1) is 5.92 Å². The van der Waals surface area contributed by atoms with Crippen LogP contribution < -0.4 is 5.32 Å². The molecule has 1 unspecified atom stereocenters. The lowest BCUT2D eigenvalue weighted by molar-refractivity contribution is -0.120. The minimum atomic E-state index is -0.925. The molecule has 1 aromatic heterocycles. The molecule has 0 aromatic carbocycles. The van der Waals surface area contributed by atoms with Gasteiger partial charge in [0.2, 0.25) is 5.91 Å². The number of carbonyl (C=O) groups is 2. The third-order valence-corrected chi connectivity index (χ3v) is 5.35. The molecule has 21 heavy (non-hydrogen) atoms. The van der Waals surface area contributed by atoms with Crippen molar-refractivity contribution < 1.29 is 14.7 Å². The second-order valence-corrected chi connectivity index (χ2v) is 6.71. The van der Waals surface area contributed by atoms with Crippen molar-refractivity contribution in [1.29, 1.82) is 0 Å². The van der Waals surface area contributed by atoms with Gasteiger partial charge in [0.1, 0.15) is 5.00 Å². The first-order valence-corrected chi connectivity index (χ1v) is 8.58. The zero-order chi connectivity index (χ0) is 15.4. The van der Waals surface area contributed by atoms with E-state index in [9.17, 15) is 14.7 Å². The standard InChI is InChI=1S/C16H23NO3S/c1-3-5-7-10(4-2)14(18)17-15-13(16(19)20)11-8-6-9-12(11)21-15/h10H,3-9H2,1-2H3,(H,17,18)(H,19,20). The second-order valence-electron chi connectivity index (χ2n) is 5.60. The first kappa shape index (κ1) is 16.0. The number of hydrogen-bond donors (Lipinski definition) is 2. The Hall–Kier alpha value is -1.36. The van der Waals surface area contributed by atoms with Crippen LogP contribution in [0.25, 0.3) is 0 Å². The summed E-state index contributed by atoms with van der Waals surface area (Å²) >= 11 is 1.44. The van der Waals surface area contributed by atoms with Crippen LogP contribution in [0.15, 0.2) is 0 Å². The minimum absolute atomic E-state index is 0.0245. The lowest BCUT2D eigenvalue weighted by atomic mass is 9.98. The molecule has 0 aliphatic heterocycles. The van der Waals surface area contributed by atoms with Crippen molar-refractivity contribution in [2.45, 2.75) is 58.8 Å². The third-order valence-electron chi connectivity index (χ3n) is 4.14. The van der Waals surface area contributed by atoms with Crippen LogP contribution in [-0.2, 0) is 17.6 Å². The molecule has 0 spiro atoms. The van der Waals surface area contributed by atoms with Crippen LogP contribution in [0.4, 0.5) is 5.00 Å². The summed E-state index contributed by atoms with van der Waals surface area (Å²) in [4.78, 5) is 25.0. The number of thiophene rings is 1. The molecule has 116 valence electrons. The van der Waals surface area contributed by atoms with Gasteiger partial charge in [0.05, 0.1) is 5.56 Å². The first-order valence-electron chi connectivity index (χ1n) is 7.77. The van der Waals surface area contributed by atoms with E-state index in [1.165, 1.54) is 11.3 Å². The van der Waals surface area contributed by atoms with Gasteiger partial charge >= 0.3 is 5.97 Å². The molecule has 1 atom stereocenters. The van der Waals surface area contributed by atoms with Gasteiger partial charge in [-0.1, -0.05) is 26.7 Å². The van der Waals surface area contributed by atoms with Crippen molar-refractivity contribution in [1.82, 2.24) is 0 Å². The van der Waals surface area contributed by atoms with Crippen molar-refractivity contribution >= 4 is 28.2 Å². The zero-order valence-electron chi connectivity index (χ0n) is 12.7. The van der Waals surface area contributed by atoms with Crippen molar-refractivity contribution in [3.05, 3.63) is 16.0 Å².